The van der Waals surface area contributed by atoms with E-state index in [9.17, 15) is 4.39 Å². The highest BCUT2D eigenvalue weighted by atomic mass is 32.1. The van der Waals surface area contributed by atoms with E-state index in [1.54, 1.807) is 13.2 Å². The molecule has 4 heteroatoms. The Bertz CT molecular complexity index is 450. The number of thiol groups is 1. The number of hydrogen-bond acceptors (Lipinski definition) is 3. The summed E-state index contributed by atoms with van der Waals surface area (Å²) in [6.07, 6.45) is 0. The van der Waals surface area contributed by atoms with Crippen molar-refractivity contribution in [3.8, 4) is 5.75 Å². The lowest BCUT2D eigenvalue weighted by atomic mass is 10.2. The zero-order chi connectivity index (χ0) is 9.42. The maximum Gasteiger partial charge on any atom is 0.177 e. The van der Waals surface area contributed by atoms with Crippen molar-refractivity contribution in [2.45, 2.75) is 4.90 Å². The standard InChI is InChI=1S/C9H7FOS2/c1-11-8-6(12)3-2-5-4-7(10)13-9(5)8/h2-4,12H,1H3. The highest BCUT2D eigenvalue weighted by Gasteiger charge is 2.09. The van der Waals surface area contributed by atoms with Crippen molar-refractivity contribution in [2.24, 2.45) is 0 Å². The van der Waals surface area contributed by atoms with Gasteiger partial charge in [0.15, 0.2) is 5.13 Å². The Morgan fingerprint density at radius 3 is 2.92 bits per heavy atom. The summed E-state index contributed by atoms with van der Waals surface area (Å²) >= 11 is 5.30. The van der Waals surface area contributed by atoms with E-state index in [4.69, 9.17) is 4.74 Å². The van der Waals surface area contributed by atoms with E-state index in [0.29, 0.717) is 5.75 Å². The number of ether oxygens (including phenoxy) is 1. The first-order valence-electron chi connectivity index (χ1n) is 3.67. The highest BCUT2D eigenvalue weighted by Crippen LogP contribution is 2.36. The van der Waals surface area contributed by atoms with Crippen molar-refractivity contribution in [1.82, 2.24) is 0 Å². The Hall–Kier alpha value is -0.740. The summed E-state index contributed by atoms with van der Waals surface area (Å²) in [6, 6.07) is 5.13. The molecule has 0 fully saturated rings. The Morgan fingerprint density at radius 2 is 2.23 bits per heavy atom. The van der Waals surface area contributed by atoms with Crippen molar-refractivity contribution in [1.29, 1.82) is 0 Å². The van der Waals surface area contributed by atoms with Crippen molar-refractivity contribution < 1.29 is 9.13 Å². The summed E-state index contributed by atoms with van der Waals surface area (Å²) in [7, 11) is 1.56. The second-order valence-electron chi connectivity index (χ2n) is 2.59. The van der Waals surface area contributed by atoms with Crippen LogP contribution >= 0.6 is 24.0 Å². The summed E-state index contributed by atoms with van der Waals surface area (Å²) < 4.78 is 18.9. The van der Waals surface area contributed by atoms with Crippen LogP contribution in [-0.2, 0) is 0 Å². The summed E-state index contributed by atoms with van der Waals surface area (Å²) in [6.45, 7) is 0. The average Bonchev–Trinajstić information content (AvgIpc) is 2.45. The summed E-state index contributed by atoms with van der Waals surface area (Å²) in [4.78, 5) is 0.733. The van der Waals surface area contributed by atoms with Crippen LogP contribution in [0, 0.1) is 5.13 Å². The molecule has 0 aliphatic heterocycles. The van der Waals surface area contributed by atoms with Gasteiger partial charge in [-0.15, -0.1) is 24.0 Å². The van der Waals surface area contributed by atoms with Crippen molar-refractivity contribution in [3.63, 3.8) is 0 Å². The van der Waals surface area contributed by atoms with Gasteiger partial charge in [-0.1, -0.05) is 6.07 Å². The van der Waals surface area contributed by atoms with Gasteiger partial charge in [0, 0.05) is 4.90 Å². The summed E-state index contributed by atoms with van der Waals surface area (Å²) in [5.74, 6) is 0.648. The van der Waals surface area contributed by atoms with Gasteiger partial charge in [-0.3, -0.25) is 0 Å². The fourth-order valence-corrected chi connectivity index (χ4v) is 2.50. The van der Waals surface area contributed by atoms with Gasteiger partial charge in [0.25, 0.3) is 0 Å². The maximum atomic E-state index is 12.9. The molecule has 1 aromatic carbocycles. The number of benzene rings is 1. The van der Waals surface area contributed by atoms with E-state index in [1.165, 1.54) is 6.07 Å². The lowest BCUT2D eigenvalue weighted by Gasteiger charge is -2.03. The minimum atomic E-state index is -0.202. The quantitative estimate of drug-likeness (QED) is 0.716. The molecule has 1 nitrogen and oxygen atoms in total. The van der Waals surface area contributed by atoms with Gasteiger partial charge in [0.2, 0.25) is 0 Å². The highest BCUT2D eigenvalue weighted by molar-refractivity contribution is 7.80. The van der Waals surface area contributed by atoms with Crippen LogP contribution in [0.5, 0.6) is 5.75 Å². The van der Waals surface area contributed by atoms with Crippen molar-refractivity contribution >= 4 is 34.1 Å². The van der Waals surface area contributed by atoms with Crippen LogP contribution in [0.25, 0.3) is 10.1 Å². The van der Waals surface area contributed by atoms with Crippen LogP contribution in [0.1, 0.15) is 0 Å². The monoisotopic (exact) mass is 214 g/mol. The van der Waals surface area contributed by atoms with E-state index in [1.807, 2.05) is 6.07 Å². The number of halogens is 1. The van der Waals surface area contributed by atoms with E-state index < -0.39 is 0 Å². The zero-order valence-corrected chi connectivity index (χ0v) is 8.58. The van der Waals surface area contributed by atoms with Crippen LogP contribution in [0.2, 0.25) is 0 Å². The topological polar surface area (TPSA) is 9.23 Å². The van der Waals surface area contributed by atoms with Crippen LogP contribution in [-0.4, -0.2) is 7.11 Å². The normalized spacial score (nSPS) is 10.7. The smallest absolute Gasteiger partial charge is 0.177 e. The molecule has 2 rings (SSSR count). The molecule has 1 heterocycles. The molecule has 2 aromatic rings. The largest absolute Gasteiger partial charge is 0.494 e. The van der Waals surface area contributed by atoms with Gasteiger partial charge in [0.05, 0.1) is 11.8 Å². The Labute approximate surface area is 84.6 Å². The van der Waals surface area contributed by atoms with Crippen LogP contribution < -0.4 is 4.74 Å². The van der Waals surface area contributed by atoms with Gasteiger partial charge in [0.1, 0.15) is 5.75 Å². The lowest BCUT2D eigenvalue weighted by Crippen LogP contribution is -1.83. The molecule has 13 heavy (non-hydrogen) atoms. The predicted octanol–water partition coefficient (Wildman–Crippen LogP) is 3.34. The third kappa shape index (κ3) is 1.40. The zero-order valence-electron chi connectivity index (χ0n) is 6.87. The molecule has 0 N–H and O–H groups in total. The molecule has 1 aromatic heterocycles. The first-order valence-corrected chi connectivity index (χ1v) is 4.93. The second-order valence-corrected chi connectivity index (χ2v) is 4.07. The fourth-order valence-electron chi connectivity index (χ4n) is 1.23. The third-order valence-electron chi connectivity index (χ3n) is 1.79. The van der Waals surface area contributed by atoms with E-state index in [0.717, 1.165) is 26.3 Å². The van der Waals surface area contributed by atoms with Crippen molar-refractivity contribution in [3.05, 3.63) is 23.3 Å². The molecule has 0 unspecified atom stereocenters. The number of fused-ring (bicyclic) bond motifs is 1. The second kappa shape index (κ2) is 3.20. The Balaban J connectivity index is 2.82. The fraction of sp³-hybridized carbons (Fsp3) is 0.111. The van der Waals surface area contributed by atoms with Crippen LogP contribution in [0.4, 0.5) is 4.39 Å². The molecule has 0 saturated heterocycles. The molecule has 0 aliphatic carbocycles. The van der Waals surface area contributed by atoms with E-state index >= 15 is 0 Å². The Kier molecular flexibility index (Phi) is 2.17. The maximum absolute atomic E-state index is 12.9. The number of thiophene rings is 1. The lowest BCUT2D eigenvalue weighted by molar-refractivity contribution is 0.411. The van der Waals surface area contributed by atoms with Crippen molar-refractivity contribution in [2.75, 3.05) is 7.11 Å². The molecule has 0 radical (unpaired) electrons. The van der Waals surface area contributed by atoms with Crippen LogP contribution in [0.15, 0.2) is 23.1 Å². The SMILES string of the molecule is COc1c(S)ccc2cc(F)sc12. The van der Waals surface area contributed by atoms with E-state index in [-0.39, 0.29) is 5.13 Å². The molecule has 0 aliphatic rings. The molecule has 0 saturated carbocycles. The van der Waals surface area contributed by atoms with Gasteiger partial charge < -0.3 is 4.74 Å². The average molecular weight is 214 g/mol. The molecule has 0 atom stereocenters. The van der Waals surface area contributed by atoms with Gasteiger partial charge in [-0.25, -0.2) is 0 Å². The number of hydrogen-bond donors (Lipinski definition) is 1. The van der Waals surface area contributed by atoms with Crippen LogP contribution in [0.3, 0.4) is 0 Å². The number of rotatable bonds is 1. The molecule has 0 amide bonds. The molecule has 0 spiro atoms. The first-order chi connectivity index (χ1) is 6.22. The van der Waals surface area contributed by atoms with Gasteiger partial charge >= 0.3 is 0 Å². The molecule has 68 valence electrons. The minimum Gasteiger partial charge on any atom is -0.494 e. The third-order valence-corrected chi connectivity index (χ3v) is 3.08. The summed E-state index contributed by atoms with van der Waals surface area (Å²) in [5, 5.41) is 0.657. The minimum absolute atomic E-state index is 0.202. The summed E-state index contributed by atoms with van der Waals surface area (Å²) in [5.41, 5.74) is 0. The molecular weight excluding hydrogens is 207 g/mol. The molecule has 0 bridgehead atoms. The Morgan fingerprint density at radius 1 is 1.46 bits per heavy atom. The van der Waals surface area contributed by atoms with Gasteiger partial charge in [-0.05, 0) is 17.5 Å². The van der Waals surface area contributed by atoms with Gasteiger partial charge in [-0.2, -0.15) is 4.39 Å². The predicted molar refractivity (Wildman–Crippen MR) is 55.6 cm³/mol. The first kappa shape index (κ1) is 8.84. The van der Waals surface area contributed by atoms with E-state index in [2.05, 4.69) is 12.6 Å². The molecular formula is C9H7FOS2. The number of methoxy groups -OCH3 is 1.